The fourth-order valence-corrected chi connectivity index (χ4v) is 8.12. The highest BCUT2D eigenvalue weighted by atomic mass is 16.3. The Bertz CT molecular complexity index is 2660. The van der Waals surface area contributed by atoms with E-state index in [9.17, 15) is 0 Å². The summed E-state index contributed by atoms with van der Waals surface area (Å²) in [5, 5.41) is 1.04. The van der Waals surface area contributed by atoms with Gasteiger partial charge in [-0.25, -0.2) is 9.97 Å². The molecule has 244 valence electrons. The molecule has 7 aromatic carbocycles. The molecule has 0 saturated heterocycles. The van der Waals surface area contributed by atoms with E-state index in [0.29, 0.717) is 11.6 Å². The van der Waals surface area contributed by atoms with Crippen LogP contribution in [0.25, 0.3) is 67.3 Å². The van der Waals surface area contributed by atoms with Gasteiger partial charge in [-0.2, -0.15) is 0 Å². The van der Waals surface area contributed by atoms with Crippen LogP contribution in [0.15, 0.2) is 199 Å². The molecule has 0 unspecified atom stereocenters. The van der Waals surface area contributed by atoms with E-state index < -0.39 is 5.41 Å². The van der Waals surface area contributed by atoms with E-state index in [0.717, 1.165) is 44.6 Å². The summed E-state index contributed by atoms with van der Waals surface area (Å²) < 4.78 is 6.44. The van der Waals surface area contributed by atoms with Gasteiger partial charge in [-0.05, 0) is 68.8 Å². The second kappa shape index (κ2) is 12.2. The second-order valence-corrected chi connectivity index (χ2v) is 13.3. The molecule has 0 N–H and O–H groups in total. The zero-order valence-corrected chi connectivity index (χ0v) is 28.3. The van der Waals surface area contributed by atoms with Crippen LogP contribution in [0.1, 0.15) is 22.3 Å². The second-order valence-electron chi connectivity index (χ2n) is 13.3. The fourth-order valence-electron chi connectivity index (χ4n) is 8.12. The van der Waals surface area contributed by atoms with Crippen molar-refractivity contribution in [2.24, 2.45) is 0 Å². The van der Waals surface area contributed by atoms with Crippen LogP contribution in [0, 0.1) is 0 Å². The molecule has 9 aromatic rings. The van der Waals surface area contributed by atoms with Crippen molar-refractivity contribution in [3.63, 3.8) is 0 Å². The van der Waals surface area contributed by atoms with Gasteiger partial charge in [0.15, 0.2) is 11.6 Å². The molecule has 1 aliphatic carbocycles. The lowest BCUT2D eigenvalue weighted by atomic mass is 9.67. The Morgan fingerprint density at radius 1 is 0.404 bits per heavy atom. The van der Waals surface area contributed by atoms with Gasteiger partial charge in [-0.3, -0.25) is 0 Å². The topological polar surface area (TPSA) is 38.9 Å². The average molecular weight is 665 g/mol. The average Bonchev–Trinajstić information content (AvgIpc) is 3.80. The van der Waals surface area contributed by atoms with E-state index >= 15 is 0 Å². The Labute approximate surface area is 302 Å². The molecule has 1 aliphatic rings. The maximum atomic E-state index is 6.44. The number of benzene rings is 7. The molecule has 0 atom stereocenters. The van der Waals surface area contributed by atoms with Gasteiger partial charge in [0.05, 0.1) is 11.1 Å². The molecule has 3 nitrogen and oxygen atoms in total. The van der Waals surface area contributed by atoms with Crippen LogP contribution in [0.4, 0.5) is 0 Å². The Hall–Kier alpha value is -6.84. The fraction of sp³-hybridized carbons (Fsp3) is 0.0204. The van der Waals surface area contributed by atoms with Crippen LogP contribution in [-0.4, -0.2) is 9.97 Å². The minimum Gasteiger partial charge on any atom is -0.454 e. The minimum absolute atomic E-state index is 0.508. The first-order valence-electron chi connectivity index (χ1n) is 17.7. The standard InChI is InChI=1S/C49H32N2O/c1-4-16-33(17-5-1)34-19-14-20-36(30-34)48-50-43(32-44(51-48)46-31-35-18-10-13-29-45(35)52-46)40-26-15-28-42-47(40)39-25-11-12-27-41(39)49(42,37-21-6-2-7-22-37)38-23-8-3-9-24-38/h1-32H. The zero-order chi connectivity index (χ0) is 34.5. The largest absolute Gasteiger partial charge is 0.454 e. The molecule has 52 heavy (non-hydrogen) atoms. The lowest BCUT2D eigenvalue weighted by Crippen LogP contribution is -2.28. The lowest BCUT2D eigenvalue weighted by Gasteiger charge is -2.33. The molecular formula is C49H32N2O. The maximum absolute atomic E-state index is 6.44. The third-order valence-corrected chi connectivity index (χ3v) is 10.4. The summed E-state index contributed by atoms with van der Waals surface area (Å²) in [7, 11) is 0. The molecule has 0 aliphatic heterocycles. The molecule has 0 radical (unpaired) electrons. The van der Waals surface area contributed by atoms with Crippen LogP contribution in [0.2, 0.25) is 0 Å². The smallest absolute Gasteiger partial charge is 0.160 e. The number of rotatable bonds is 6. The highest BCUT2D eigenvalue weighted by Gasteiger charge is 2.46. The summed E-state index contributed by atoms with van der Waals surface area (Å²) in [6.45, 7) is 0. The predicted octanol–water partition coefficient (Wildman–Crippen LogP) is 12.3. The highest BCUT2D eigenvalue weighted by Crippen LogP contribution is 2.58. The highest BCUT2D eigenvalue weighted by molar-refractivity contribution is 5.95. The summed E-state index contributed by atoms with van der Waals surface area (Å²) in [6.07, 6.45) is 0. The van der Waals surface area contributed by atoms with E-state index in [1.54, 1.807) is 0 Å². The van der Waals surface area contributed by atoms with E-state index in [4.69, 9.17) is 14.4 Å². The van der Waals surface area contributed by atoms with Crippen molar-refractivity contribution in [1.29, 1.82) is 0 Å². The van der Waals surface area contributed by atoms with Crippen molar-refractivity contribution in [3.05, 3.63) is 216 Å². The molecule has 0 spiro atoms. The molecule has 3 heteroatoms. The number of para-hydroxylation sites is 1. The summed E-state index contributed by atoms with van der Waals surface area (Å²) >= 11 is 0. The monoisotopic (exact) mass is 664 g/mol. The van der Waals surface area contributed by atoms with Crippen LogP contribution >= 0.6 is 0 Å². The molecule has 0 bridgehead atoms. The van der Waals surface area contributed by atoms with Crippen molar-refractivity contribution < 1.29 is 4.42 Å². The van der Waals surface area contributed by atoms with Gasteiger partial charge in [0.1, 0.15) is 11.3 Å². The van der Waals surface area contributed by atoms with E-state index in [2.05, 4.69) is 170 Å². The Balaban J connectivity index is 1.25. The molecule has 10 rings (SSSR count). The van der Waals surface area contributed by atoms with Crippen molar-refractivity contribution in [2.75, 3.05) is 0 Å². The van der Waals surface area contributed by atoms with Crippen LogP contribution < -0.4 is 0 Å². The van der Waals surface area contributed by atoms with Crippen LogP contribution in [-0.2, 0) is 5.41 Å². The molecule has 2 heterocycles. The van der Waals surface area contributed by atoms with Crippen LogP contribution in [0.5, 0.6) is 0 Å². The SMILES string of the molecule is c1ccc(-c2cccc(-c3nc(-c4cc5ccccc5o4)cc(-c4cccc5c4-c4ccccc4C5(c4ccccc4)c4ccccc4)n3)c2)cc1. The number of hydrogen-bond acceptors (Lipinski definition) is 3. The first kappa shape index (κ1) is 30.0. The number of furan rings is 1. The van der Waals surface area contributed by atoms with Gasteiger partial charge in [-0.1, -0.05) is 170 Å². The van der Waals surface area contributed by atoms with Gasteiger partial charge in [0.2, 0.25) is 0 Å². The maximum Gasteiger partial charge on any atom is 0.160 e. The van der Waals surface area contributed by atoms with Gasteiger partial charge in [0.25, 0.3) is 0 Å². The predicted molar refractivity (Wildman–Crippen MR) is 211 cm³/mol. The van der Waals surface area contributed by atoms with E-state index in [-0.39, 0.29) is 0 Å². The summed E-state index contributed by atoms with van der Waals surface area (Å²) in [4.78, 5) is 10.6. The van der Waals surface area contributed by atoms with Gasteiger partial charge < -0.3 is 4.42 Å². The number of nitrogens with zero attached hydrogens (tertiary/aromatic N) is 2. The molecule has 0 saturated carbocycles. The molecule has 0 fully saturated rings. The summed E-state index contributed by atoms with van der Waals surface area (Å²) in [6, 6.07) is 68.5. The first-order valence-corrected chi connectivity index (χ1v) is 17.7. The Kier molecular flexibility index (Phi) is 7.04. The lowest BCUT2D eigenvalue weighted by molar-refractivity contribution is 0.628. The van der Waals surface area contributed by atoms with Gasteiger partial charge in [-0.15, -0.1) is 0 Å². The summed E-state index contributed by atoms with van der Waals surface area (Å²) in [5.74, 6) is 1.35. The number of hydrogen-bond donors (Lipinski definition) is 0. The Morgan fingerprint density at radius 3 is 1.75 bits per heavy atom. The normalized spacial score (nSPS) is 12.8. The number of aromatic nitrogens is 2. The third-order valence-electron chi connectivity index (χ3n) is 10.4. The van der Waals surface area contributed by atoms with Crippen molar-refractivity contribution in [1.82, 2.24) is 9.97 Å². The number of fused-ring (bicyclic) bond motifs is 4. The summed E-state index contributed by atoms with van der Waals surface area (Å²) in [5.41, 5.74) is 13.5. The molecule has 0 amide bonds. The van der Waals surface area contributed by atoms with Gasteiger partial charge in [0, 0.05) is 16.5 Å². The Morgan fingerprint density at radius 2 is 0.981 bits per heavy atom. The van der Waals surface area contributed by atoms with Crippen LogP contribution in [0.3, 0.4) is 0 Å². The van der Waals surface area contributed by atoms with Crippen molar-refractivity contribution >= 4 is 11.0 Å². The van der Waals surface area contributed by atoms with E-state index in [1.165, 1.54) is 33.4 Å². The molecular weight excluding hydrogens is 633 g/mol. The minimum atomic E-state index is -0.508. The van der Waals surface area contributed by atoms with Crippen molar-refractivity contribution in [2.45, 2.75) is 5.41 Å². The quantitative estimate of drug-likeness (QED) is 0.178. The molecule has 2 aromatic heterocycles. The van der Waals surface area contributed by atoms with Crippen molar-refractivity contribution in [3.8, 4) is 56.4 Å². The van der Waals surface area contributed by atoms with Gasteiger partial charge >= 0.3 is 0 Å². The zero-order valence-electron chi connectivity index (χ0n) is 28.3. The van der Waals surface area contributed by atoms with E-state index in [1.807, 2.05) is 24.3 Å². The third kappa shape index (κ3) is 4.74. The first-order chi connectivity index (χ1) is 25.8.